The third-order valence-electron chi connectivity index (χ3n) is 3.96. The summed E-state index contributed by atoms with van der Waals surface area (Å²) in [4.78, 5) is 17.9. The van der Waals surface area contributed by atoms with Gasteiger partial charge in [0.05, 0.1) is 5.69 Å². The van der Waals surface area contributed by atoms with E-state index in [4.69, 9.17) is 0 Å². The van der Waals surface area contributed by atoms with Crippen LogP contribution in [-0.4, -0.2) is 26.9 Å². The summed E-state index contributed by atoms with van der Waals surface area (Å²) in [5.41, 5.74) is 2.73. The van der Waals surface area contributed by atoms with Crippen LogP contribution in [-0.2, 0) is 11.3 Å². The molecule has 1 aliphatic rings. The van der Waals surface area contributed by atoms with E-state index in [2.05, 4.69) is 45.9 Å². The highest BCUT2D eigenvalue weighted by molar-refractivity contribution is 7.98. The van der Waals surface area contributed by atoms with Gasteiger partial charge >= 0.3 is 0 Å². The molecule has 0 radical (unpaired) electrons. The highest BCUT2D eigenvalue weighted by Gasteiger charge is 2.20. The van der Waals surface area contributed by atoms with Gasteiger partial charge in [-0.1, -0.05) is 30.3 Å². The van der Waals surface area contributed by atoms with Crippen molar-refractivity contribution in [1.29, 1.82) is 0 Å². The zero-order valence-electron chi connectivity index (χ0n) is 13.6. The number of amides is 1. The average molecular weight is 348 g/mol. The van der Waals surface area contributed by atoms with E-state index in [1.54, 1.807) is 16.4 Å². The summed E-state index contributed by atoms with van der Waals surface area (Å²) in [5.74, 6) is 1.19. The summed E-state index contributed by atoms with van der Waals surface area (Å²) >= 11 is 1.72. The molecule has 0 unspecified atom stereocenters. The number of thioether (sulfide) groups is 1. The first-order valence-corrected chi connectivity index (χ1v) is 9.11. The second kappa shape index (κ2) is 6.57. The molecule has 0 fully saturated rings. The van der Waals surface area contributed by atoms with E-state index < -0.39 is 0 Å². The molecule has 25 heavy (non-hydrogen) atoms. The first-order valence-electron chi connectivity index (χ1n) is 7.89. The Morgan fingerprint density at radius 1 is 1.12 bits per heavy atom. The van der Waals surface area contributed by atoms with Gasteiger partial charge in [0, 0.05) is 10.5 Å². The Hall–Kier alpha value is -2.86. The molecule has 1 amide bonds. The molecule has 4 rings (SSSR count). The fourth-order valence-electron chi connectivity index (χ4n) is 2.74. The van der Waals surface area contributed by atoms with Gasteiger partial charge in [-0.25, -0.2) is 9.67 Å². The maximum Gasteiger partial charge on any atom is 0.246 e. The Morgan fingerprint density at radius 2 is 1.92 bits per heavy atom. The smallest absolute Gasteiger partial charge is 0.246 e. The minimum atomic E-state index is -0.0979. The Kier molecular flexibility index (Phi) is 4.11. The lowest BCUT2D eigenvalue weighted by Crippen LogP contribution is -2.17. The van der Waals surface area contributed by atoms with Crippen molar-refractivity contribution in [2.45, 2.75) is 11.4 Å². The number of aromatic nitrogens is 3. The second-order valence-electron chi connectivity index (χ2n) is 5.65. The van der Waals surface area contributed by atoms with E-state index in [9.17, 15) is 4.79 Å². The Balaban J connectivity index is 1.67. The second-order valence-corrected chi connectivity index (χ2v) is 6.53. The van der Waals surface area contributed by atoms with Crippen molar-refractivity contribution in [3.63, 3.8) is 0 Å². The van der Waals surface area contributed by atoms with Gasteiger partial charge in [0.1, 0.15) is 6.54 Å². The van der Waals surface area contributed by atoms with Gasteiger partial charge in [-0.15, -0.1) is 11.8 Å². The van der Waals surface area contributed by atoms with Gasteiger partial charge in [-0.3, -0.25) is 4.79 Å². The summed E-state index contributed by atoms with van der Waals surface area (Å²) < 4.78 is 1.65. The van der Waals surface area contributed by atoms with Gasteiger partial charge in [-0.2, -0.15) is 5.10 Å². The highest BCUT2D eigenvalue weighted by Crippen LogP contribution is 2.29. The van der Waals surface area contributed by atoms with E-state index in [-0.39, 0.29) is 12.5 Å². The number of hydrogen-bond acceptors (Lipinski definition) is 4. The van der Waals surface area contributed by atoms with E-state index in [0.717, 1.165) is 16.8 Å². The third-order valence-corrected chi connectivity index (χ3v) is 4.71. The van der Waals surface area contributed by atoms with Crippen molar-refractivity contribution >= 4 is 35.5 Å². The van der Waals surface area contributed by atoms with Crippen molar-refractivity contribution in [2.75, 3.05) is 11.6 Å². The van der Waals surface area contributed by atoms with Crippen molar-refractivity contribution < 1.29 is 4.79 Å². The van der Waals surface area contributed by atoms with Gasteiger partial charge in [-0.05, 0) is 42.2 Å². The summed E-state index contributed by atoms with van der Waals surface area (Å²) in [5, 5.41) is 7.35. The van der Waals surface area contributed by atoms with Crippen molar-refractivity contribution in [3.8, 4) is 11.4 Å². The first-order chi connectivity index (χ1) is 12.2. The summed E-state index contributed by atoms with van der Waals surface area (Å²) in [6.07, 6.45) is 5.91. The number of benzene rings is 2. The van der Waals surface area contributed by atoms with E-state index in [1.807, 2.05) is 36.4 Å². The fourth-order valence-corrected chi connectivity index (χ4v) is 3.15. The lowest BCUT2D eigenvalue weighted by molar-refractivity contribution is -0.116. The van der Waals surface area contributed by atoms with Crippen LogP contribution in [0.4, 0.5) is 5.69 Å². The zero-order valence-corrected chi connectivity index (χ0v) is 14.5. The van der Waals surface area contributed by atoms with Crippen LogP contribution < -0.4 is 5.32 Å². The standard InChI is InChI=1S/C19H16N4OS/c1-25-14-9-6-13(7-10-14)8-11-17-21-19-15-4-2-3-5-16(15)20-18(24)12-23(19)22-17/h2-11H,12H2,1H3,(H,20,24)/b11-8+. The van der Waals surface area contributed by atoms with Crippen LogP contribution in [0.5, 0.6) is 0 Å². The normalized spacial score (nSPS) is 13.2. The van der Waals surface area contributed by atoms with Crippen LogP contribution in [0.3, 0.4) is 0 Å². The molecule has 6 heteroatoms. The molecule has 3 aromatic rings. The third kappa shape index (κ3) is 3.21. The van der Waals surface area contributed by atoms with Crippen molar-refractivity contribution in [3.05, 3.63) is 59.9 Å². The number of nitrogens with one attached hydrogen (secondary N) is 1. The van der Waals surface area contributed by atoms with Crippen LogP contribution >= 0.6 is 11.8 Å². The minimum absolute atomic E-state index is 0.0979. The van der Waals surface area contributed by atoms with E-state index >= 15 is 0 Å². The quantitative estimate of drug-likeness (QED) is 0.732. The minimum Gasteiger partial charge on any atom is -0.324 e. The number of nitrogens with zero attached hydrogens (tertiary/aromatic N) is 3. The summed E-state index contributed by atoms with van der Waals surface area (Å²) in [7, 11) is 0. The van der Waals surface area contributed by atoms with Gasteiger partial charge < -0.3 is 5.32 Å². The summed E-state index contributed by atoms with van der Waals surface area (Å²) in [6, 6.07) is 15.9. The molecule has 0 atom stereocenters. The molecule has 0 bridgehead atoms. The predicted molar refractivity (Wildman–Crippen MR) is 101 cm³/mol. The molecule has 1 aliphatic heterocycles. The van der Waals surface area contributed by atoms with E-state index in [1.165, 1.54) is 4.90 Å². The van der Waals surface area contributed by atoms with Crippen LogP contribution in [0.25, 0.3) is 23.5 Å². The molecule has 2 aromatic carbocycles. The number of rotatable bonds is 3. The number of para-hydroxylation sites is 1. The Labute approximate surface area is 149 Å². The molecule has 1 N–H and O–H groups in total. The molecular weight excluding hydrogens is 332 g/mol. The number of carbonyl (C=O) groups is 1. The molecule has 0 saturated heterocycles. The molecule has 1 aromatic heterocycles. The number of fused-ring (bicyclic) bond motifs is 3. The van der Waals surface area contributed by atoms with Crippen LogP contribution in [0.1, 0.15) is 11.4 Å². The Morgan fingerprint density at radius 3 is 2.72 bits per heavy atom. The molecule has 0 aliphatic carbocycles. The van der Waals surface area contributed by atoms with Crippen LogP contribution in [0, 0.1) is 0 Å². The predicted octanol–water partition coefficient (Wildman–Crippen LogP) is 3.79. The maximum absolute atomic E-state index is 12.0. The highest BCUT2D eigenvalue weighted by atomic mass is 32.2. The fraction of sp³-hybridized carbons (Fsp3) is 0.105. The van der Waals surface area contributed by atoms with Crippen LogP contribution in [0.2, 0.25) is 0 Å². The Bertz CT molecular complexity index is 960. The largest absolute Gasteiger partial charge is 0.324 e. The average Bonchev–Trinajstić information content (AvgIpc) is 2.97. The monoisotopic (exact) mass is 348 g/mol. The van der Waals surface area contributed by atoms with Crippen molar-refractivity contribution in [1.82, 2.24) is 14.8 Å². The molecule has 0 saturated carbocycles. The van der Waals surface area contributed by atoms with Gasteiger partial charge in [0.25, 0.3) is 0 Å². The lowest BCUT2D eigenvalue weighted by Gasteiger charge is -2.03. The van der Waals surface area contributed by atoms with Gasteiger partial charge in [0.15, 0.2) is 11.6 Å². The number of hydrogen-bond donors (Lipinski definition) is 1. The molecule has 0 spiro atoms. The zero-order chi connectivity index (χ0) is 17.2. The molecule has 124 valence electrons. The topological polar surface area (TPSA) is 59.8 Å². The number of anilines is 1. The van der Waals surface area contributed by atoms with Gasteiger partial charge in [0.2, 0.25) is 5.91 Å². The van der Waals surface area contributed by atoms with Crippen LogP contribution in [0.15, 0.2) is 53.4 Å². The lowest BCUT2D eigenvalue weighted by atomic mass is 10.1. The summed E-state index contributed by atoms with van der Waals surface area (Å²) in [6.45, 7) is 0.160. The molecule has 5 nitrogen and oxygen atoms in total. The molecular formula is C19H16N4OS. The van der Waals surface area contributed by atoms with Crippen molar-refractivity contribution in [2.24, 2.45) is 0 Å². The first kappa shape index (κ1) is 15.7. The molecule has 2 heterocycles. The SMILES string of the molecule is CSc1ccc(/C=C/c2nc3n(n2)CC(=O)Nc2ccccc2-3)cc1. The maximum atomic E-state index is 12.0. The number of carbonyl (C=O) groups excluding carboxylic acids is 1. The van der Waals surface area contributed by atoms with E-state index in [0.29, 0.717) is 11.6 Å².